The topological polar surface area (TPSA) is 36.9 Å². The number of benzene rings is 2. The van der Waals surface area contributed by atoms with Gasteiger partial charge in [0.2, 0.25) is 0 Å². The van der Waals surface area contributed by atoms with E-state index in [0.29, 0.717) is 23.0 Å². The average Bonchev–Trinajstić information content (AvgIpc) is 2.65. The first kappa shape index (κ1) is 17.1. The van der Waals surface area contributed by atoms with E-state index in [0.717, 1.165) is 11.1 Å². The molecule has 0 aliphatic heterocycles. The Morgan fingerprint density at radius 2 is 1.00 bits per heavy atom. The maximum Gasteiger partial charge on any atom is 0.138 e. The van der Waals surface area contributed by atoms with Gasteiger partial charge in [-0.2, -0.15) is 0 Å². The standard InChI is InChI=1S/C20H18O4/c1-21-17-11-9-15(19(13-17)23-3)7-5-6-8-16-10-12-18(22-2)14-20(16)24-4/h9-14H,1-4H3. The van der Waals surface area contributed by atoms with Gasteiger partial charge in [-0.25, -0.2) is 0 Å². The Kier molecular flexibility index (Phi) is 6.00. The molecule has 0 saturated carbocycles. The summed E-state index contributed by atoms with van der Waals surface area (Å²) in [5, 5.41) is 0. The molecular formula is C20H18O4. The minimum absolute atomic E-state index is 0.644. The molecule has 0 radical (unpaired) electrons. The summed E-state index contributed by atoms with van der Waals surface area (Å²) in [4.78, 5) is 0. The van der Waals surface area contributed by atoms with Crippen LogP contribution >= 0.6 is 0 Å². The number of rotatable bonds is 4. The minimum atomic E-state index is 0.644. The van der Waals surface area contributed by atoms with E-state index in [-0.39, 0.29) is 0 Å². The van der Waals surface area contributed by atoms with Crippen LogP contribution in [0.2, 0.25) is 0 Å². The van der Waals surface area contributed by atoms with Crippen LogP contribution in [0.3, 0.4) is 0 Å². The predicted molar refractivity (Wildman–Crippen MR) is 92.8 cm³/mol. The van der Waals surface area contributed by atoms with E-state index in [1.54, 1.807) is 40.6 Å². The molecule has 0 heterocycles. The Bertz CT molecular complexity index is 761. The molecule has 0 N–H and O–H groups in total. The Balaban J connectivity index is 2.25. The summed E-state index contributed by atoms with van der Waals surface area (Å²) in [5.74, 6) is 14.3. The van der Waals surface area contributed by atoms with E-state index in [1.807, 2.05) is 24.3 Å². The minimum Gasteiger partial charge on any atom is -0.497 e. The maximum absolute atomic E-state index is 5.30. The molecular weight excluding hydrogens is 304 g/mol. The first-order valence-corrected chi connectivity index (χ1v) is 7.18. The molecule has 2 aromatic rings. The van der Waals surface area contributed by atoms with Gasteiger partial charge in [0.05, 0.1) is 39.6 Å². The lowest BCUT2D eigenvalue weighted by molar-refractivity contribution is 0.393. The van der Waals surface area contributed by atoms with Crippen molar-refractivity contribution in [3.05, 3.63) is 47.5 Å². The summed E-state index contributed by atoms with van der Waals surface area (Å²) in [5.41, 5.74) is 1.49. The molecule has 0 saturated heterocycles. The van der Waals surface area contributed by atoms with Gasteiger partial charge in [-0.1, -0.05) is 0 Å². The molecule has 4 heteroatoms. The third-order valence-electron chi connectivity index (χ3n) is 3.27. The first-order valence-electron chi connectivity index (χ1n) is 7.18. The van der Waals surface area contributed by atoms with Crippen LogP contribution in [0.4, 0.5) is 0 Å². The Labute approximate surface area is 142 Å². The molecule has 0 aliphatic rings. The van der Waals surface area contributed by atoms with Crippen molar-refractivity contribution in [1.82, 2.24) is 0 Å². The fourth-order valence-electron chi connectivity index (χ4n) is 2.00. The van der Waals surface area contributed by atoms with Gasteiger partial charge in [-0.3, -0.25) is 0 Å². The van der Waals surface area contributed by atoms with Crippen LogP contribution in [0.25, 0.3) is 0 Å². The molecule has 0 atom stereocenters. The molecule has 0 aromatic heterocycles. The van der Waals surface area contributed by atoms with Crippen molar-refractivity contribution < 1.29 is 18.9 Å². The molecule has 0 bridgehead atoms. The summed E-state index contributed by atoms with van der Waals surface area (Å²) in [6.07, 6.45) is 0. The van der Waals surface area contributed by atoms with Gasteiger partial charge in [0.25, 0.3) is 0 Å². The Morgan fingerprint density at radius 3 is 1.33 bits per heavy atom. The van der Waals surface area contributed by atoms with Crippen molar-refractivity contribution >= 4 is 0 Å². The average molecular weight is 322 g/mol. The van der Waals surface area contributed by atoms with Crippen molar-refractivity contribution in [3.8, 4) is 46.7 Å². The van der Waals surface area contributed by atoms with Gasteiger partial charge in [0.15, 0.2) is 0 Å². The summed E-state index contributed by atoms with van der Waals surface area (Å²) in [6, 6.07) is 10.9. The van der Waals surface area contributed by atoms with Crippen LogP contribution in [-0.4, -0.2) is 28.4 Å². The smallest absolute Gasteiger partial charge is 0.138 e. The number of hydrogen-bond acceptors (Lipinski definition) is 4. The van der Waals surface area contributed by atoms with Crippen molar-refractivity contribution in [3.63, 3.8) is 0 Å². The van der Waals surface area contributed by atoms with Gasteiger partial charge in [0, 0.05) is 12.1 Å². The fraction of sp³-hybridized carbons (Fsp3) is 0.200. The van der Waals surface area contributed by atoms with E-state index >= 15 is 0 Å². The molecule has 2 aromatic carbocycles. The van der Waals surface area contributed by atoms with Crippen molar-refractivity contribution in [2.45, 2.75) is 0 Å². The molecule has 122 valence electrons. The number of ether oxygens (including phenoxy) is 4. The van der Waals surface area contributed by atoms with Crippen LogP contribution in [0.5, 0.6) is 23.0 Å². The van der Waals surface area contributed by atoms with E-state index in [2.05, 4.69) is 23.7 Å². The lowest BCUT2D eigenvalue weighted by Gasteiger charge is -2.05. The third-order valence-corrected chi connectivity index (χ3v) is 3.27. The highest BCUT2D eigenvalue weighted by molar-refractivity contribution is 5.55. The molecule has 0 fully saturated rings. The van der Waals surface area contributed by atoms with E-state index in [1.165, 1.54) is 0 Å². The molecule has 2 rings (SSSR count). The van der Waals surface area contributed by atoms with Crippen LogP contribution in [0.1, 0.15) is 11.1 Å². The first-order chi connectivity index (χ1) is 11.7. The predicted octanol–water partition coefficient (Wildman–Crippen LogP) is 3.12. The Hall–Kier alpha value is -3.24. The fourth-order valence-corrected chi connectivity index (χ4v) is 2.00. The molecule has 0 unspecified atom stereocenters. The van der Waals surface area contributed by atoms with Gasteiger partial charge >= 0.3 is 0 Å². The summed E-state index contributed by atoms with van der Waals surface area (Å²) in [6.45, 7) is 0. The normalized spacial score (nSPS) is 9.00. The van der Waals surface area contributed by atoms with Gasteiger partial charge in [0.1, 0.15) is 23.0 Å². The van der Waals surface area contributed by atoms with Gasteiger partial charge < -0.3 is 18.9 Å². The summed E-state index contributed by atoms with van der Waals surface area (Å²) >= 11 is 0. The van der Waals surface area contributed by atoms with E-state index in [9.17, 15) is 0 Å². The zero-order chi connectivity index (χ0) is 17.4. The van der Waals surface area contributed by atoms with E-state index < -0.39 is 0 Å². The quantitative estimate of drug-likeness (QED) is 0.811. The zero-order valence-corrected chi connectivity index (χ0v) is 14.1. The van der Waals surface area contributed by atoms with Gasteiger partial charge in [-0.15, -0.1) is 0 Å². The second-order valence-electron chi connectivity index (χ2n) is 4.63. The second kappa shape index (κ2) is 8.41. The maximum atomic E-state index is 5.30. The summed E-state index contributed by atoms with van der Waals surface area (Å²) in [7, 11) is 6.39. The van der Waals surface area contributed by atoms with Crippen LogP contribution < -0.4 is 18.9 Å². The van der Waals surface area contributed by atoms with Crippen molar-refractivity contribution in [2.75, 3.05) is 28.4 Å². The van der Waals surface area contributed by atoms with Gasteiger partial charge in [-0.05, 0) is 47.9 Å². The lowest BCUT2D eigenvalue weighted by atomic mass is 10.2. The van der Waals surface area contributed by atoms with Crippen LogP contribution in [0, 0.1) is 23.7 Å². The largest absolute Gasteiger partial charge is 0.497 e. The highest BCUT2D eigenvalue weighted by Crippen LogP contribution is 2.24. The third kappa shape index (κ3) is 4.15. The second-order valence-corrected chi connectivity index (χ2v) is 4.63. The van der Waals surface area contributed by atoms with Crippen molar-refractivity contribution in [2.24, 2.45) is 0 Å². The Morgan fingerprint density at radius 1 is 0.583 bits per heavy atom. The zero-order valence-electron chi connectivity index (χ0n) is 14.1. The molecule has 24 heavy (non-hydrogen) atoms. The highest BCUT2D eigenvalue weighted by Gasteiger charge is 2.02. The molecule has 0 spiro atoms. The number of methoxy groups -OCH3 is 4. The van der Waals surface area contributed by atoms with Crippen molar-refractivity contribution in [1.29, 1.82) is 0 Å². The molecule has 4 nitrogen and oxygen atoms in total. The molecule has 0 aliphatic carbocycles. The molecule has 0 amide bonds. The lowest BCUT2D eigenvalue weighted by Crippen LogP contribution is -1.90. The monoisotopic (exact) mass is 322 g/mol. The SMILES string of the molecule is COc1ccc(C#CC#Cc2ccc(OC)cc2OC)c(OC)c1. The van der Waals surface area contributed by atoms with E-state index in [4.69, 9.17) is 18.9 Å². The van der Waals surface area contributed by atoms with Crippen LogP contribution in [0.15, 0.2) is 36.4 Å². The highest BCUT2D eigenvalue weighted by atomic mass is 16.5. The van der Waals surface area contributed by atoms with Crippen LogP contribution in [-0.2, 0) is 0 Å². The number of hydrogen-bond donors (Lipinski definition) is 0. The summed E-state index contributed by atoms with van der Waals surface area (Å²) < 4.78 is 20.9.